The van der Waals surface area contributed by atoms with E-state index in [9.17, 15) is 27.5 Å². The first-order valence-electron chi connectivity index (χ1n) is 8.50. The molecule has 2 heterocycles. The van der Waals surface area contributed by atoms with Crippen LogP contribution in [0.25, 0.3) is 10.9 Å². The Balaban J connectivity index is 1.83. The summed E-state index contributed by atoms with van der Waals surface area (Å²) in [5, 5.41) is 8.89. The Morgan fingerprint density at radius 1 is 1.29 bits per heavy atom. The minimum atomic E-state index is -3.69. The van der Waals surface area contributed by atoms with E-state index in [1.54, 1.807) is 0 Å². The molecule has 2 aliphatic rings. The van der Waals surface area contributed by atoms with Crippen molar-refractivity contribution < 1.29 is 31.3 Å². The van der Waals surface area contributed by atoms with Gasteiger partial charge in [0.2, 0.25) is 5.43 Å². The second-order valence-corrected chi connectivity index (χ2v) is 8.66. The number of halogens is 2. The van der Waals surface area contributed by atoms with Gasteiger partial charge in [-0.2, -0.15) is 8.42 Å². The zero-order chi connectivity index (χ0) is 20.4. The van der Waals surface area contributed by atoms with Crippen molar-refractivity contribution in [2.24, 2.45) is 0 Å². The van der Waals surface area contributed by atoms with Gasteiger partial charge in [-0.25, -0.2) is 13.6 Å². The van der Waals surface area contributed by atoms with E-state index in [-0.39, 0.29) is 30.0 Å². The van der Waals surface area contributed by atoms with Gasteiger partial charge in [0.25, 0.3) is 10.1 Å². The monoisotopic (exact) mass is 414 g/mol. The molecule has 28 heavy (non-hydrogen) atoms. The Labute approximate surface area is 158 Å². The Bertz CT molecular complexity index is 1170. The number of aromatic carboxylic acids is 1. The average molecular weight is 414 g/mol. The molecule has 0 atom stereocenters. The Morgan fingerprint density at radius 3 is 2.46 bits per heavy atom. The average Bonchev–Trinajstić information content (AvgIpc) is 3.36. The normalized spacial score (nSPS) is 17.8. The number of fused-ring (bicyclic) bond motifs is 1. The molecule has 1 aliphatic carbocycles. The lowest BCUT2D eigenvalue weighted by molar-refractivity contribution is 0.0694. The number of hydrogen-bond acceptors (Lipinski definition) is 6. The highest BCUT2D eigenvalue weighted by atomic mass is 32.2. The Kier molecular flexibility index (Phi) is 4.19. The first-order chi connectivity index (χ1) is 13.1. The van der Waals surface area contributed by atoms with E-state index in [1.165, 1.54) is 9.47 Å². The molecule has 11 heteroatoms. The summed E-state index contributed by atoms with van der Waals surface area (Å²) in [6.07, 6.45) is 2.65. The maximum absolute atomic E-state index is 15.3. The molecule has 1 saturated heterocycles. The van der Waals surface area contributed by atoms with Crippen molar-refractivity contribution in [3.05, 3.63) is 39.7 Å². The van der Waals surface area contributed by atoms with Crippen molar-refractivity contribution in [2.75, 3.05) is 24.2 Å². The third-order valence-electron chi connectivity index (χ3n) is 4.83. The summed E-state index contributed by atoms with van der Waals surface area (Å²) in [5.41, 5.74) is -2.04. The van der Waals surface area contributed by atoms with Gasteiger partial charge in [-0.1, -0.05) is 0 Å². The van der Waals surface area contributed by atoms with Gasteiger partial charge >= 0.3 is 5.97 Å². The summed E-state index contributed by atoms with van der Waals surface area (Å²) in [5.74, 6) is -3.46. The Morgan fingerprint density at radius 2 is 1.93 bits per heavy atom. The minimum absolute atomic E-state index is 0.0344. The second-order valence-electron chi connectivity index (χ2n) is 7.06. The number of anilines is 1. The molecule has 8 nitrogen and oxygen atoms in total. The molecular formula is C17H16F2N2O6S. The van der Waals surface area contributed by atoms with Crippen LogP contribution in [0.4, 0.5) is 14.5 Å². The summed E-state index contributed by atoms with van der Waals surface area (Å²) in [6.45, 7) is -0.0689. The number of pyridine rings is 1. The van der Waals surface area contributed by atoms with E-state index in [2.05, 4.69) is 0 Å². The van der Waals surface area contributed by atoms with Crippen LogP contribution in [0.5, 0.6) is 0 Å². The molecule has 0 radical (unpaired) electrons. The van der Waals surface area contributed by atoms with Crippen LogP contribution in [-0.2, 0) is 14.3 Å². The van der Waals surface area contributed by atoms with E-state index in [0.29, 0.717) is 12.8 Å². The highest BCUT2D eigenvalue weighted by molar-refractivity contribution is 7.86. The lowest BCUT2D eigenvalue weighted by atomic mass is 10.1. The van der Waals surface area contributed by atoms with E-state index in [4.69, 9.17) is 4.18 Å². The summed E-state index contributed by atoms with van der Waals surface area (Å²) < 4.78 is 58.4. The van der Waals surface area contributed by atoms with Crippen molar-refractivity contribution in [2.45, 2.75) is 25.0 Å². The van der Waals surface area contributed by atoms with Gasteiger partial charge in [-0.15, -0.1) is 0 Å². The molecule has 0 spiro atoms. The SMILES string of the molecule is CS(=O)(=O)OC1CN(c2c(F)cc3c(=O)c(C(=O)O)cn(C4CC4)c3c2F)C1. The number of rotatable bonds is 5. The molecule has 2 fully saturated rings. The molecule has 1 aromatic carbocycles. The number of aromatic nitrogens is 1. The maximum atomic E-state index is 15.3. The number of carboxylic acids is 1. The minimum Gasteiger partial charge on any atom is -0.477 e. The zero-order valence-corrected chi connectivity index (χ0v) is 15.5. The van der Waals surface area contributed by atoms with Gasteiger partial charge in [0.05, 0.1) is 17.2 Å². The van der Waals surface area contributed by atoms with Crippen LogP contribution in [0.2, 0.25) is 0 Å². The fourth-order valence-electron chi connectivity index (χ4n) is 3.44. The highest BCUT2D eigenvalue weighted by Gasteiger charge is 2.36. The van der Waals surface area contributed by atoms with Gasteiger partial charge in [-0.05, 0) is 18.9 Å². The van der Waals surface area contributed by atoms with Crippen LogP contribution < -0.4 is 10.3 Å². The van der Waals surface area contributed by atoms with E-state index in [0.717, 1.165) is 18.5 Å². The van der Waals surface area contributed by atoms with Gasteiger partial charge in [0.15, 0.2) is 5.82 Å². The van der Waals surface area contributed by atoms with Crippen molar-refractivity contribution in [3.63, 3.8) is 0 Å². The summed E-state index contributed by atoms with van der Waals surface area (Å²) in [4.78, 5) is 25.0. The first-order valence-corrected chi connectivity index (χ1v) is 10.3. The van der Waals surface area contributed by atoms with E-state index >= 15 is 4.39 Å². The van der Waals surface area contributed by atoms with Crippen molar-refractivity contribution in [3.8, 4) is 0 Å². The Hall–Kier alpha value is -2.53. The van der Waals surface area contributed by atoms with Crippen LogP contribution in [0.1, 0.15) is 29.2 Å². The predicted molar refractivity (Wildman–Crippen MR) is 95.3 cm³/mol. The fourth-order valence-corrected chi connectivity index (χ4v) is 4.06. The molecule has 1 aromatic heterocycles. The van der Waals surface area contributed by atoms with Crippen molar-refractivity contribution >= 4 is 32.7 Å². The third-order valence-corrected chi connectivity index (χ3v) is 5.45. The first kappa shape index (κ1) is 18.8. The lowest BCUT2D eigenvalue weighted by Crippen LogP contribution is -2.53. The molecule has 150 valence electrons. The highest BCUT2D eigenvalue weighted by Crippen LogP contribution is 2.40. The molecule has 0 bridgehead atoms. The van der Waals surface area contributed by atoms with Gasteiger partial charge in [0, 0.05) is 25.3 Å². The fraction of sp³-hybridized carbons (Fsp3) is 0.412. The van der Waals surface area contributed by atoms with Crippen molar-refractivity contribution in [1.82, 2.24) is 4.57 Å². The molecule has 2 aromatic rings. The molecule has 1 saturated carbocycles. The standard InChI is InChI=1S/C17H16F2N2O6S/c1-28(25,26)27-9-5-20(6-9)15-12(18)4-10-14(13(15)19)21(8-2-3-8)7-11(16(10)22)17(23)24/h4,7-9H,2-3,5-6H2,1H3,(H,23,24). The summed E-state index contributed by atoms with van der Waals surface area (Å²) in [6, 6.07) is 0.679. The molecule has 0 amide bonds. The predicted octanol–water partition coefficient (Wildman–Crippen LogP) is 1.48. The quantitative estimate of drug-likeness (QED) is 0.739. The lowest BCUT2D eigenvalue weighted by Gasteiger charge is -2.40. The number of carbonyl (C=O) groups is 1. The maximum Gasteiger partial charge on any atom is 0.341 e. The molecule has 4 rings (SSSR count). The smallest absolute Gasteiger partial charge is 0.341 e. The third kappa shape index (κ3) is 3.14. The van der Waals surface area contributed by atoms with Gasteiger partial charge in [-0.3, -0.25) is 8.98 Å². The number of hydrogen-bond donors (Lipinski definition) is 1. The van der Waals surface area contributed by atoms with Crippen LogP contribution in [-0.4, -0.2) is 49.5 Å². The van der Waals surface area contributed by atoms with Crippen LogP contribution >= 0.6 is 0 Å². The number of carboxylic acid groups (broad SMARTS) is 1. The summed E-state index contributed by atoms with van der Waals surface area (Å²) >= 11 is 0. The largest absolute Gasteiger partial charge is 0.477 e. The summed E-state index contributed by atoms with van der Waals surface area (Å²) in [7, 11) is -3.69. The molecule has 1 aliphatic heterocycles. The molecule has 1 N–H and O–H groups in total. The molecular weight excluding hydrogens is 398 g/mol. The second kappa shape index (κ2) is 6.24. The molecule has 0 unspecified atom stereocenters. The van der Waals surface area contributed by atoms with Gasteiger partial charge < -0.3 is 14.6 Å². The van der Waals surface area contributed by atoms with Crippen molar-refractivity contribution in [1.29, 1.82) is 0 Å². The number of benzene rings is 1. The number of nitrogens with zero attached hydrogens (tertiary/aromatic N) is 2. The van der Waals surface area contributed by atoms with Crippen LogP contribution in [0.15, 0.2) is 17.1 Å². The topological polar surface area (TPSA) is 106 Å². The van der Waals surface area contributed by atoms with Crippen LogP contribution in [0, 0.1) is 11.6 Å². The van der Waals surface area contributed by atoms with E-state index in [1.807, 2.05) is 0 Å². The van der Waals surface area contributed by atoms with E-state index < -0.39 is 50.5 Å². The zero-order valence-electron chi connectivity index (χ0n) is 14.7. The van der Waals surface area contributed by atoms with Gasteiger partial charge in [0.1, 0.15) is 23.2 Å². The van der Waals surface area contributed by atoms with Crippen LogP contribution in [0.3, 0.4) is 0 Å².